The molecule has 1 aliphatic rings. The summed E-state index contributed by atoms with van der Waals surface area (Å²) < 4.78 is 35.4. The molecule has 3 nitrogen and oxygen atoms in total. The van der Waals surface area contributed by atoms with E-state index < -0.39 is 30.3 Å². The molecule has 3 rings (SSSR count). The lowest BCUT2D eigenvalue weighted by Gasteiger charge is -2.32. The Hall–Kier alpha value is -1.86. The molecule has 1 aromatic heterocycles. The third kappa shape index (κ3) is 4.41. The molecule has 1 aromatic carbocycles. The van der Waals surface area contributed by atoms with Crippen LogP contribution < -0.4 is 0 Å². The van der Waals surface area contributed by atoms with Gasteiger partial charge in [0.25, 0.3) is 0 Å². The van der Waals surface area contributed by atoms with Gasteiger partial charge in [-0.25, -0.2) is 8.78 Å². The second-order valence-corrected chi connectivity index (χ2v) is 7.99. The first-order valence-corrected chi connectivity index (χ1v) is 10.0. The predicted molar refractivity (Wildman–Crippen MR) is 108 cm³/mol. The Labute approximate surface area is 167 Å². The van der Waals surface area contributed by atoms with Gasteiger partial charge >= 0.3 is 0 Å². The first-order valence-electron chi connectivity index (χ1n) is 9.23. The number of halogens is 2. The quantitative estimate of drug-likeness (QED) is 0.694. The van der Waals surface area contributed by atoms with Crippen LogP contribution in [-0.4, -0.2) is 29.0 Å². The number of benzene rings is 1. The number of thiophene rings is 1. The zero-order chi connectivity index (χ0) is 20.3. The molecule has 0 bridgehead atoms. The number of alkyl halides is 1. The highest BCUT2D eigenvalue weighted by Gasteiger charge is 2.30. The monoisotopic (exact) mass is 406 g/mol. The highest BCUT2D eigenvalue weighted by Crippen LogP contribution is 2.38. The number of rotatable bonds is 6. The van der Waals surface area contributed by atoms with E-state index in [9.17, 15) is 14.6 Å². The maximum atomic E-state index is 15.2. The van der Waals surface area contributed by atoms with E-state index in [1.165, 1.54) is 29.5 Å². The van der Waals surface area contributed by atoms with Crippen molar-refractivity contribution in [2.45, 2.75) is 44.2 Å². The lowest BCUT2D eigenvalue weighted by atomic mass is 9.94. The van der Waals surface area contributed by atoms with Gasteiger partial charge < -0.3 is 14.9 Å². The summed E-state index contributed by atoms with van der Waals surface area (Å²) in [5.41, 5.74) is 1.33. The van der Waals surface area contributed by atoms with E-state index in [0.29, 0.717) is 23.3 Å². The third-order valence-corrected chi connectivity index (χ3v) is 6.00. The minimum absolute atomic E-state index is 0.0643. The van der Waals surface area contributed by atoms with E-state index in [2.05, 4.69) is 6.58 Å². The molecule has 28 heavy (non-hydrogen) atoms. The molecule has 2 N–H and O–H groups in total. The Morgan fingerprint density at radius 3 is 2.82 bits per heavy atom. The van der Waals surface area contributed by atoms with Crippen LogP contribution in [0.3, 0.4) is 0 Å². The van der Waals surface area contributed by atoms with E-state index in [1.807, 2.05) is 19.1 Å². The fraction of sp³-hybridized carbons (Fsp3) is 0.364. The van der Waals surface area contributed by atoms with Gasteiger partial charge in [0.05, 0.1) is 24.9 Å². The summed E-state index contributed by atoms with van der Waals surface area (Å²) in [6, 6.07) is 5.91. The minimum atomic E-state index is -1.62. The first kappa shape index (κ1) is 20.9. The molecule has 0 radical (unpaired) electrons. The molecule has 2 heterocycles. The van der Waals surface area contributed by atoms with Crippen LogP contribution in [0.1, 0.15) is 58.5 Å². The van der Waals surface area contributed by atoms with Crippen molar-refractivity contribution >= 4 is 23.5 Å². The maximum absolute atomic E-state index is 15.2. The van der Waals surface area contributed by atoms with Gasteiger partial charge in [0.15, 0.2) is 6.17 Å². The number of aliphatic hydroxyl groups is 2. The van der Waals surface area contributed by atoms with Gasteiger partial charge in [-0.05, 0) is 42.3 Å². The summed E-state index contributed by atoms with van der Waals surface area (Å²) in [7, 11) is 0. The molecular weight excluding hydrogens is 382 g/mol. The van der Waals surface area contributed by atoms with E-state index in [1.54, 1.807) is 12.1 Å². The highest BCUT2D eigenvalue weighted by atomic mass is 32.1. The van der Waals surface area contributed by atoms with Gasteiger partial charge in [-0.2, -0.15) is 0 Å². The molecule has 4 atom stereocenters. The number of allylic oxidation sites excluding steroid dienone is 1. The third-order valence-electron chi connectivity index (χ3n) is 4.84. The van der Waals surface area contributed by atoms with Crippen molar-refractivity contribution in [1.82, 2.24) is 0 Å². The van der Waals surface area contributed by atoms with Crippen molar-refractivity contribution in [2.75, 3.05) is 6.61 Å². The predicted octanol–water partition coefficient (Wildman–Crippen LogP) is 5.20. The number of aliphatic hydroxyl groups excluding tert-OH is 2. The van der Waals surface area contributed by atoms with Gasteiger partial charge in [0.1, 0.15) is 5.82 Å². The first-order chi connectivity index (χ1) is 13.5. The average molecular weight is 406 g/mol. The van der Waals surface area contributed by atoms with Gasteiger partial charge in [-0.1, -0.05) is 24.8 Å². The van der Waals surface area contributed by atoms with Gasteiger partial charge in [0, 0.05) is 28.2 Å². The van der Waals surface area contributed by atoms with Crippen LogP contribution in [0.25, 0.3) is 12.2 Å². The molecular formula is C22H24F2O3S. The van der Waals surface area contributed by atoms with Crippen LogP contribution in [0.2, 0.25) is 0 Å². The Balaban J connectivity index is 1.92. The van der Waals surface area contributed by atoms with E-state index in [-0.39, 0.29) is 12.2 Å². The topological polar surface area (TPSA) is 49.7 Å². The van der Waals surface area contributed by atoms with Crippen LogP contribution in [0.4, 0.5) is 8.78 Å². The largest absolute Gasteiger partial charge is 0.394 e. The molecule has 1 fully saturated rings. The molecule has 150 valence electrons. The number of hydrogen-bond acceptors (Lipinski definition) is 4. The molecule has 0 spiro atoms. The fourth-order valence-corrected chi connectivity index (χ4v) is 4.57. The maximum Gasteiger partial charge on any atom is 0.162 e. The molecule has 4 unspecified atom stereocenters. The molecule has 2 aromatic rings. The van der Waals surface area contributed by atoms with Gasteiger partial charge in [0.2, 0.25) is 0 Å². The Bertz CT molecular complexity index is 861. The SMILES string of the molecule is C=Cc1cc(C(F)c2cc(C3CC(O)CC(CO)O3)ccc2F)sc1/C=C\C. The summed E-state index contributed by atoms with van der Waals surface area (Å²) in [6.07, 6.45) is 2.81. The second kappa shape index (κ2) is 9.09. The zero-order valence-corrected chi connectivity index (χ0v) is 16.5. The Kier molecular flexibility index (Phi) is 6.78. The summed E-state index contributed by atoms with van der Waals surface area (Å²) in [5.74, 6) is -0.632. The molecule has 6 heteroatoms. The smallest absolute Gasteiger partial charge is 0.162 e. The lowest BCUT2D eigenvalue weighted by Crippen LogP contribution is -2.33. The number of hydrogen-bond donors (Lipinski definition) is 2. The van der Waals surface area contributed by atoms with Crippen molar-refractivity contribution in [2.24, 2.45) is 0 Å². The summed E-state index contributed by atoms with van der Waals surface area (Å²) in [6.45, 7) is 5.42. The summed E-state index contributed by atoms with van der Waals surface area (Å²) in [4.78, 5) is 1.27. The normalized spacial score (nSPS) is 23.8. The van der Waals surface area contributed by atoms with Crippen molar-refractivity contribution in [1.29, 1.82) is 0 Å². The summed E-state index contributed by atoms with van der Waals surface area (Å²) >= 11 is 1.26. The molecule has 1 aliphatic heterocycles. The van der Waals surface area contributed by atoms with Crippen LogP contribution >= 0.6 is 11.3 Å². The number of ether oxygens (including phenoxy) is 1. The standard InChI is InChI=1S/C22H24F2O3S/c1-3-5-20-13(4-2)9-21(28-20)22(24)17-8-14(6-7-18(17)23)19-11-15(26)10-16(12-25)27-19/h3-9,15-16,19,22,25-26H,2,10-12H2,1H3/b5-3-. The van der Waals surface area contributed by atoms with E-state index >= 15 is 4.39 Å². The molecule has 0 amide bonds. The lowest BCUT2D eigenvalue weighted by molar-refractivity contribution is -0.113. The van der Waals surface area contributed by atoms with Crippen molar-refractivity contribution in [3.63, 3.8) is 0 Å². The average Bonchev–Trinajstić information content (AvgIpc) is 3.10. The Morgan fingerprint density at radius 1 is 1.36 bits per heavy atom. The van der Waals surface area contributed by atoms with Crippen LogP contribution in [0.15, 0.2) is 36.9 Å². The van der Waals surface area contributed by atoms with Crippen molar-refractivity contribution in [3.05, 3.63) is 69.2 Å². The highest BCUT2D eigenvalue weighted by molar-refractivity contribution is 7.13. The van der Waals surface area contributed by atoms with Crippen molar-refractivity contribution < 1.29 is 23.7 Å². The van der Waals surface area contributed by atoms with Crippen LogP contribution in [0.5, 0.6) is 0 Å². The Morgan fingerprint density at radius 2 is 2.14 bits per heavy atom. The minimum Gasteiger partial charge on any atom is -0.394 e. The van der Waals surface area contributed by atoms with E-state index in [4.69, 9.17) is 4.74 Å². The molecule has 1 saturated heterocycles. The molecule has 0 aliphatic carbocycles. The fourth-order valence-electron chi connectivity index (χ4n) is 3.44. The van der Waals surface area contributed by atoms with Gasteiger partial charge in [-0.15, -0.1) is 11.3 Å². The summed E-state index contributed by atoms with van der Waals surface area (Å²) in [5, 5.41) is 19.3. The van der Waals surface area contributed by atoms with Gasteiger partial charge in [-0.3, -0.25) is 0 Å². The van der Waals surface area contributed by atoms with Crippen LogP contribution in [-0.2, 0) is 4.74 Å². The zero-order valence-electron chi connectivity index (χ0n) is 15.6. The second-order valence-electron chi connectivity index (χ2n) is 6.87. The van der Waals surface area contributed by atoms with Crippen molar-refractivity contribution in [3.8, 4) is 0 Å². The van der Waals surface area contributed by atoms with Crippen LogP contribution in [0, 0.1) is 5.82 Å². The molecule has 0 saturated carbocycles. The van der Waals surface area contributed by atoms with E-state index in [0.717, 1.165) is 10.4 Å².